The first-order valence-electron chi connectivity index (χ1n) is 6.66. The monoisotopic (exact) mass is 258 g/mol. The van der Waals surface area contributed by atoms with E-state index in [0.717, 1.165) is 23.6 Å². The van der Waals surface area contributed by atoms with Gasteiger partial charge in [0.2, 0.25) is 0 Å². The summed E-state index contributed by atoms with van der Waals surface area (Å²) in [5.41, 5.74) is 1.86. The molecule has 100 valence electrons. The molecule has 0 bridgehead atoms. The maximum atomic E-state index is 12.0. The molecule has 0 spiro atoms. The molecule has 1 aromatic rings. The van der Waals surface area contributed by atoms with Crippen molar-refractivity contribution >= 4 is 11.6 Å². The van der Waals surface area contributed by atoms with Crippen molar-refractivity contribution in [3.63, 3.8) is 0 Å². The van der Waals surface area contributed by atoms with E-state index in [2.05, 4.69) is 11.9 Å². The van der Waals surface area contributed by atoms with Crippen LogP contribution in [0.2, 0.25) is 0 Å². The molecule has 4 heteroatoms. The molecule has 1 aliphatic carbocycles. The molecule has 0 aromatic heterocycles. The van der Waals surface area contributed by atoms with E-state index in [-0.39, 0.29) is 12.5 Å². The Morgan fingerprint density at radius 3 is 3.00 bits per heavy atom. The van der Waals surface area contributed by atoms with Crippen LogP contribution < -0.4 is 15.0 Å². The zero-order valence-corrected chi connectivity index (χ0v) is 10.9. The lowest BCUT2D eigenvalue weighted by atomic mass is 10.2. The molecular weight excluding hydrogens is 240 g/mol. The molecule has 1 heterocycles. The van der Waals surface area contributed by atoms with Crippen LogP contribution in [0.15, 0.2) is 36.4 Å². The number of nitrogens with one attached hydrogen (secondary N) is 1. The molecule has 1 aliphatic heterocycles. The number of benzene rings is 1. The molecule has 1 N–H and O–H groups in total. The van der Waals surface area contributed by atoms with Gasteiger partial charge in [0, 0.05) is 19.1 Å². The minimum absolute atomic E-state index is 0.00808. The van der Waals surface area contributed by atoms with Crippen LogP contribution in [0.4, 0.5) is 5.69 Å². The van der Waals surface area contributed by atoms with Gasteiger partial charge in [-0.1, -0.05) is 18.7 Å². The van der Waals surface area contributed by atoms with Crippen molar-refractivity contribution in [2.75, 3.05) is 24.6 Å². The summed E-state index contributed by atoms with van der Waals surface area (Å²) in [7, 11) is 0. The Hall–Kier alpha value is -1.81. The van der Waals surface area contributed by atoms with Crippen LogP contribution >= 0.6 is 0 Å². The lowest BCUT2D eigenvalue weighted by Crippen LogP contribution is -2.41. The Morgan fingerprint density at radius 2 is 2.21 bits per heavy atom. The highest BCUT2D eigenvalue weighted by molar-refractivity contribution is 5.98. The molecule has 19 heavy (non-hydrogen) atoms. The minimum atomic E-state index is -0.00808. The Kier molecular flexibility index (Phi) is 3.25. The normalized spacial score (nSPS) is 17.9. The second kappa shape index (κ2) is 5.05. The highest BCUT2D eigenvalue weighted by Gasteiger charge is 2.26. The molecule has 1 amide bonds. The smallest absolute Gasteiger partial charge is 0.265 e. The first kappa shape index (κ1) is 12.2. The largest absolute Gasteiger partial charge is 0.482 e. The van der Waals surface area contributed by atoms with Crippen molar-refractivity contribution in [2.45, 2.75) is 18.9 Å². The number of hydrogen-bond acceptors (Lipinski definition) is 3. The van der Waals surface area contributed by atoms with E-state index in [1.54, 1.807) is 4.90 Å². The molecule has 3 rings (SSSR count). The van der Waals surface area contributed by atoms with Crippen LogP contribution in [-0.2, 0) is 4.79 Å². The lowest BCUT2D eigenvalue weighted by molar-refractivity contribution is -0.121. The second-order valence-electron chi connectivity index (χ2n) is 5.14. The van der Waals surface area contributed by atoms with E-state index in [0.29, 0.717) is 12.6 Å². The van der Waals surface area contributed by atoms with Crippen LogP contribution in [0.5, 0.6) is 5.75 Å². The van der Waals surface area contributed by atoms with Crippen molar-refractivity contribution in [2.24, 2.45) is 0 Å². The van der Waals surface area contributed by atoms with Gasteiger partial charge in [-0.15, -0.1) is 0 Å². The lowest BCUT2D eigenvalue weighted by Gasteiger charge is -2.30. The van der Waals surface area contributed by atoms with E-state index in [1.807, 2.05) is 24.3 Å². The molecule has 0 radical (unpaired) electrons. The summed E-state index contributed by atoms with van der Waals surface area (Å²) < 4.78 is 5.42. The Labute approximate surface area is 113 Å². The molecule has 0 atom stereocenters. The number of nitrogens with zero attached hydrogens (tertiary/aromatic N) is 1. The van der Waals surface area contributed by atoms with Gasteiger partial charge in [-0.3, -0.25) is 4.79 Å². The maximum absolute atomic E-state index is 12.0. The van der Waals surface area contributed by atoms with Crippen LogP contribution in [0.1, 0.15) is 12.8 Å². The minimum Gasteiger partial charge on any atom is -0.482 e. The zero-order chi connectivity index (χ0) is 13.2. The van der Waals surface area contributed by atoms with Crippen molar-refractivity contribution in [1.29, 1.82) is 0 Å². The van der Waals surface area contributed by atoms with E-state index in [4.69, 9.17) is 4.74 Å². The number of anilines is 1. The van der Waals surface area contributed by atoms with Gasteiger partial charge in [-0.25, -0.2) is 0 Å². The summed E-state index contributed by atoms with van der Waals surface area (Å²) >= 11 is 0. The summed E-state index contributed by atoms with van der Waals surface area (Å²) in [6.45, 7) is 5.50. The first-order chi connectivity index (χ1) is 9.24. The molecule has 1 fully saturated rings. The first-order valence-corrected chi connectivity index (χ1v) is 6.66. The van der Waals surface area contributed by atoms with Gasteiger partial charge >= 0.3 is 0 Å². The fraction of sp³-hybridized carbons (Fsp3) is 0.400. The highest BCUT2D eigenvalue weighted by Crippen LogP contribution is 2.31. The molecule has 4 nitrogen and oxygen atoms in total. The fourth-order valence-electron chi connectivity index (χ4n) is 2.18. The number of ether oxygens (including phenoxy) is 1. The number of amides is 1. The summed E-state index contributed by atoms with van der Waals surface area (Å²) in [5, 5.41) is 3.42. The van der Waals surface area contributed by atoms with E-state index in [9.17, 15) is 4.79 Å². The number of fused-ring (bicyclic) bond motifs is 1. The Bertz CT molecular complexity index is 509. The number of carbonyl (C=O) groups is 1. The molecule has 0 saturated heterocycles. The SMILES string of the molecule is C=C(CNC1CC1)CN1C(=O)COc2ccccc21. The van der Waals surface area contributed by atoms with Crippen molar-refractivity contribution < 1.29 is 9.53 Å². The van der Waals surface area contributed by atoms with Gasteiger partial charge in [-0.05, 0) is 30.5 Å². The molecule has 0 unspecified atom stereocenters. The van der Waals surface area contributed by atoms with Gasteiger partial charge in [-0.2, -0.15) is 0 Å². The summed E-state index contributed by atoms with van der Waals surface area (Å²) in [4.78, 5) is 13.7. The summed E-state index contributed by atoms with van der Waals surface area (Å²) in [6.07, 6.45) is 2.51. The predicted molar refractivity (Wildman–Crippen MR) is 74.5 cm³/mol. The fourth-order valence-corrected chi connectivity index (χ4v) is 2.18. The zero-order valence-electron chi connectivity index (χ0n) is 10.9. The second-order valence-corrected chi connectivity index (χ2v) is 5.14. The van der Waals surface area contributed by atoms with Crippen molar-refractivity contribution in [3.8, 4) is 5.75 Å². The van der Waals surface area contributed by atoms with Gasteiger partial charge in [0.1, 0.15) is 5.75 Å². The van der Waals surface area contributed by atoms with Gasteiger partial charge in [0.25, 0.3) is 5.91 Å². The molecule has 2 aliphatic rings. The molecular formula is C15H18N2O2. The average Bonchev–Trinajstić information content (AvgIpc) is 3.24. The third kappa shape index (κ3) is 2.79. The van der Waals surface area contributed by atoms with Crippen LogP contribution in [-0.4, -0.2) is 31.6 Å². The maximum Gasteiger partial charge on any atom is 0.265 e. The third-order valence-electron chi connectivity index (χ3n) is 3.41. The number of rotatable bonds is 5. The van der Waals surface area contributed by atoms with Gasteiger partial charge in [0.15, 0.2) is 6.61 Å². The van der Waals surface area contributed by atoms with Crippen molar-refractivity contribution in [3.05, 3.63) is 36.4 Å². The summed E-state index contributed by atoms with van der Waals surface area (Å²) in [5.74, 6) is 0.760. The van der Waals surface area contributed by atoms with Gasteiger partial charge < -0.3 is 15.0 Å². The molecule has 1 aromatic carbocycles. The van der Waals surface area contributed by atoms with Crippen molar-refractivity contribution in [1.82, 2.24) is 5.32 Å². The quantitative estimate of drug-likeness (QED) is 0.818. The van der Waals surface area contributed by atoms with Crippen LogP contribution in [0.3, 0.4) is 0 Å². The summed E-state index contributed by atoms with van der Waals surface area (Å²) in [6, 6.07) is 8.29. The number of carbonyl (C=O) groups excluding carboxylic acids is 1. The van der Waals surface area contributed by atoms with Gasteiger partial charge in [0.05, 0.1) is 5.69 Å². The Balaban J connectivity index is 1.68. The molecule has 1 saturated carbocycles. The highest BCUT2D eigenvalue weighted by atomic mass is 16.5. The van der Waals surface area contributed by atoms with E-state index in [1.165, 1.54) is 12.8 Å². The van der Waals surface area contributed by atoms with E-state index < -0.39 is 0 Å². The third-order valence-corrected chi connectivity index (χ3v) is 3.41. The van der Waals surface area contributed by atoms with E-state index >= 15 is 0 Å². The number of para-hydroxylation sites is 2. The topological polar surface area (TPSA) is 41.6 Å². The van der Waals surface area contributed by atoms with Crippen LogP contribution in [0, 0.1) is 0 Å². The standard InChI is InChI=1S/C15H18N2O2/c1-11(8-16-12-6-7-12)9-17-13-4-2-3-5-14(13)19-10-15(17)18/h2-5,12,16H,1,6-10H2. The van der Waals surface area contributed by atoms with Crippen LogP contribution in [0.25, 0.3) is 0 Å². The number of hydrogen-bond donors (Lipinski definition) is 1. The predicted octanol–water partition coefficient (Wildman–Crippen LogP) is 1.72. The Morgan fingerprint density at radius 1 is 1.42 bits per heavy atom. The average molecular weight is 258 g/mol.